The highest BCUT2D eigenvalue weighted by molar-refractivity contribution is 7.92. The molecule has 3 aromatic rings. The molecule has 2 aromatic carbocycles. The summed E-state index contributed by atoms with van der Waals surface area (Å²) in [5.74, 6) is 0.616. The zero-order valence-corrected chi connectivity index (χ0v) is 20.3. The number of nitrogen functional groups attached to an aromatic ring is 1. The van der Waals surface area contributed by atoms with Crippen molar-refractivity contribution in [3.8, 4) is 16.9 Å². The number of nitrogens with zero attached hydrogens (tertiary/aromatic N) is 3. The molecule has 2 heterocycles. The van der Waals surface area contributed by atoms with Crippen LogP contribution in [0.2, 0.25) is 0 Å². The molecule has 1 aromatic heterocycles. The van der Waals surface area contributed by atoms with Crippen molar-refractivity contribution in [1.82, 2.24) is 9.88 Å². The summed E-state index contributed by atoms with van der Waals surface area (Å²) in [4.78, 5) is 19.5. The number of aromatic nitrogens is 1. The van der Waals surface area contributed by atoms with Crippen LogP contribution >= 0.6 is 0 Å². The topological polar surface area (TPSA) is 97.9 Å². The quantitative estimate of drug-likeness (QED) is 0.562. The Hall–Kier alpha value is -3.39. The first-order valence-electron chi connectivity index (χ1n) is 10.6. The van der Waals surface area contributed by atoms with Gasteiger partial charge in [0.05, 0.1) is 5.69 Å². The van der Waals surface area contributed by atoms with Crippen molar-refractivity contribution in [1.29, 1.82) is 0 Å². The smallest absolute Gasteiger partial charge is 0.254 e. The van der Waals surface area contributed by atoms with Gasteiger partial charge in [0.1, 0.15) is 6.10 Å². The van der Waals surface area contributed by atoms with E-state index in [9.17, 15) is 9.00 Å². The van der Waals surface area contributed by atoms with E-state index in [2.05, 4.69) is 9.35 Å². The number of fused-ring (bicyclic) bond motifs is 5. The van der Waals surface area contributed by atoms with Gasteiger partial charge in [-0.15, -0.1) is 0 Å². The molecular formula is C25H28N4O3S. The second-order valence-corrected chi connectivity index (χ2v) is 11.3. The van der Waals surface area contributed by atoms with Crippen LogP contribution in [0, 0.1) is 6.92 Å². The van der Waals surface area contributed by atoms with Gasteiger partial charge in [-0.05, 0) is 49.2 Å². The van der Waals surface area contributed by atoms with E-state index in [1.54, 1.807) is 30.7 Å². The highest BCUT2D eigenvalue weighted by Crippen LogP contribution is 2.36. The van der Waals surface area contributed by atoms with Crippen molar-refractivity contribution in [2.24, 2.45) is 4.36 Å². The Morgan fingerprint density at radius 2 is 1.91 bits per heavy atom. The van der Waals surface area contributed by atoms with Crippen LogP contribution in [0.1, 0.15) is 40.1 Å². The molecule has 4 rings (SSSR count). The molecule has 1 atom stereocenters. The summed E-state index contributed by atoms with van der Waals surface area (Å²) in [7, 11) is -0.553. The largest absolute Gasteiger partial charge is 0.482 e. The number of anilines is 1. The van der Waals surface area contributed by atoms with Crippen molar-refractivity contribution >= 4 is 27.1 Å². The molecule has 0 spiro atoms. The summed E-state index contributed by atoms with van der Waals surface area (Å²) < 4.78 is 22.8. The van der Waals surface area contributed by atoms with Crippen molar-refractivity contribution in [2.75, 3.05) is 25.3 Å². The van der Waals surface area contributed by atoms with E-state index < -0.39 is 15.8 Å². The zero-order valence-electron chi connectivity index (χ0n) is 19.5. The standard InChI is InChI=1S/C25H28N4O3S/c1-15-6-9-20-21(10-15)16(2)32-23-11-18(13-27-24(23)26)22-12-19(28-33(4,5)31)8-7-17(22)14-29(3)25(20)30/h6-13,16H,14H2,1-5H3,(H2,26,27)/t16-/m1/s1. The number of ether oxygens (including phenoxy) is 1. The molecule has 2 N–H and O–H groups in total. The fraction of sp³-hybridized carbons (Fsp3) is 0.280. The van der Waals surface area contributed by atoms with Crippen LogP contribution in [-0.2, 0) is 16.3 Å². The van der Waals surface area contributed by atoms with Crippen LogP contribution in [0.4, 0.5) is 11.5 Å². The number of aryl methyl sites for hydroxylation is 1. The zero-order chi connectivity index (χ0) is 23.9. The molecule has 1 aliphatic heterocycles. The number of nitrogens with two attached hydrogens (primary N) is 1. The van der Waals surface area contributed by atoms with Gasteiger partial charge in [-0.3, -0.25) is 4.79 Å². The predicted octanol–water partition coefficient (Wildman–Crippen LogP) is 4.72. The summed E-state index contributed by atoms with van der Waals surface area (Å²) in [6.07, 6.45) is 4.45. The third kappa shape index (κ3) is 4.85. The van der Waals surface area contributed by atoms with E-state index in [0.29, 0.717) is 23.5 Å². The second kappa shape index (κ2) is 8.51. The maximum absolute atomic E-state index is 13.4. The summed E-state index contributed by atoms with van der Waals surface area (Å²) in [5, 5.41) is 0. The Bertz CT molecular complexity index is 1370. The number of benzene rings is 2. The number of carbonyl (C=O) groups is 1. The van der Waals surface area contributed by atoms with Gasteiger partial charge in [-0.1, -0.05) is 23.8 Å². The molecule has 0 saturated heterocycles. The van der Waals surface area contributed by atoms with Crippen LogP contribution < -0.4 is 10.5 Å². The highest BCUT2D eigenvalue weighted by atomic mass is 32.2. The summed E-state index contributed by atoms with van der Waals surface area (Å²) in [5.41, 5.74) is 11.7. The Kier molecular flexibility index (Phi) is 5.88. The molecule has 33 heavy (non-hydrogen) atoms. The number of amides is 1. The minimum absolute atomic E-state index is 0.0966. The Morgan fingerprint density at radius 3 is 2.64 bits per heavy atom. The SMILES string of the molecule is Cc1ccc2c(c1)[C@@H](C)Oc1cc(cnc1N)-c1cc(N=S(C)(C)=O)ccc1CN(C)C2=O. The van der Waals surface area contributed by atoms with E-state index in [1.165, 1.54) is 0 Å². The summed E-state index contributed by atoms with van der Waals surface area (Å²) in [6.45, 7) is 4.26. The second-order valence-electron chi connectivity index (χ2n) is 8.73. The van der Waals surface area contributed by atoms with Crippen LogP contribution in [0.25, 0.3) is 11.1 Å². The molecule has 1 aliphatic rings. The van der Waals surface area contributed by atoms with Gasteiger partial charge in [0.2, 0.25) is 0 Å². The lowest BCUT2D eigenvalue weighted by atomic mass is 9.97. The number of rotatable bonds is 1. The van der Waals surface area contributed by atoms with Gasteiger partial charge < -0.3 is 15.4 Å². The first-order valence-corrected chi connectivity index (χ1v) is 12.9. The van der Waals surface area contributed by atoms with Gasteiger partial charge in [0, 0.05) is 58.7 Å². The molecule has 1 amide bonds. The first kappa shape index (κ1) is 22.8. The maximum atomic E-state index is 13.4. The molecule has 0 saturated carbocycles. The Morgan fingerprint density at radius 1 is 1.15 bits per heavy atom. The minimum Gasteiger partial charge on any atom is -0.482 e. The van der Waals surface area contributed by atoms with Crippen LogP contribution in [0.15, 0.2) is 53.0 Å². The normalized spacial score (nSPS) is 16.1. The van der Waals surface area contributed by atoms with Crippen molar-refractivity contribution in [3.63, 3.8) is 0 Å². The summed E-state index contributed by atoms with van der Waals surface area (Å²) in [6, 6.07) is 13.2. The van der Waals surface area contributed by atoms with Gasteiger partial charge in [-0.2, -0.15) is 4.36 Å². The monoisotopic (exact) mass is 464 g/mol. The van der Waals surface area contributed by atoms with Crippen molar-refractivity contribution in [2.45, 2.75) is 26.5 Å². The molecule has 8 heteroatoms. The molecule has 0 fully saturated rings. The Labute approximate surface area is 194 Å². The molecule has 2 bridgehead atoms. The van der Waals surface area contributed by atoms with Crippen molar-refractivity contribution in [3.05, 3.63) is 70.9 Å². The van der Waals surface area contributed by atoms with Crippen LogP contribution in [0.3, 0.4) is 0 Å². The van der Waals surface area contributed by atoms with Gasteiger partial charge >= 0.3 is 0 Å². The number of hydrogen-bond donors (Lipinski definition) is 1. The molecule has 0 unspecified atom stereocenters. The van der Waals surface area contributed by atoms with E-state index in [4.69, 9.17) is 10.5 Å². The third-order valence-electron chi connectivity index (χ3n) is 5.54. The van der Waals surface area contributed by atoms with Gasteiger partial charge in [0.25, 0.3) is 5.91 Å². The third-order valence-corrected chi connectivity index (χ3v) is 6.20. The lowest BCUT2D eigenvalue weighted by Crippen LogP contribution is -2.28. The van der Waals surface area contributed by atoms with E-state index >= 15 is 0 Å². The fourth-order valence-electron chi connectivity index (χ4n) is 3.98. The van der Waals surface area contributed by atoms with Gasteiger partial charge in [-0.25, -0.2) is 9.19 Å². The van der Waals surface area contributed by atoms with E-state index in [-0.39, 0.29) is 11.7 Å². The number of carbonyl (C=O) groups excluding carboxylic acids is 1. The summed E-state index contributed by atoms with van der Waals surface area (Å²) >= 11 is 0. The fourth-order valence-corrected chi connectivity index (χ4v) is 4.60. The average Bonchev–Trinajstić information content (AvgIpc) is 2.74. The van der Waals surface area contributed by atoms with E-state index in [1.807, 2.05) is 56.3 Å². The molecule has 7 nitrogen and oxygen atoms in total. The van der Waals surface area contributed by atoms with E-state index in [0.717, 1.165) is 27.8 Å². The molecule has 172 valence electrons. The minimum atomic E-state index is -2.33. The highest BCUT2D eigenvalue weighted by Gasteiger charge is 2.23. The van der Waals surface area contributed by atoms with Crippen LogP contribution in [0.5, 0.6) is 5.75 Å². The van der Waals surface area contributed by atoms with Crippen LogP contribution in [-0.4, -0.2) is 39.6 Å². The van der Waals surface area contributed by atoms with Gasteiger partial charge in [0.15, 0.2) is 11.6 Å². The lowest BCUT2D eigenvalue weighted by Gasteiger charge is -2.25. The molecule has 0 aliphatic carbocycles. The maximum Gasteiger partial charge on any atom is 0.254 e. The predicted molar refractivity (Wildman–Crippen MR) is 132 cm³/mol. The molecule has 0 radical (unpaired) electrons. The molecular weight excluding hydrogens is 436 g/mol. The lowest BCUT2D eigenvalue weighted by molar-refractivity contribution is 0.0780. The average molecular weight is 465 g/mol. The van der Waals surface area contributed by atoms with Crippen molar-refractivity contribution < 1.29 is 13.7 Å². The number of pyridine rings is 1. The number of hydrogen-bond acceptors (Lipinski definition) is 6. The Balaban J connectivity index is 1.94. The first-order chi connectivity index (χ1) is 15.5.